The molecular formula is C19H23FN6O2. The summed E-state index contributed by atoms with van der Waals surface area (Å²) in [5.41, 5.74) is 12.0. The summed E-state index contributed by atoms with van der Waals surface area (Å²) in [6.07, 6.45) is 2.16. The minimum Gasteiger partial charge on any atom is -0.373 e. The fourth-order valence-electron chi connectivity index (χ4n) is 2.46. The number of nitrogens with zero attached hydrogens (tertiary/aromatic N) is 3. The Morgan fingerprint density at radius 1 is 1.11 bits per heavy atom. The molecule has 0 radical (unpaired) electrons. The van der Waals surface area contributed by atoms with Crippen LogP contribution in [0.15, 0.2) is 42.6 Å². The molecule has 3 rings (SSSR count). The third-order valence-electron chi connectivity index (χ3n) is 3.66. The highest BCUT2D eigenvalue weighted by Crippen LogP contribution is 2.30. The second-order valence-corrected chi connectivity index (χ2v) is 5.38. The Balaban J connectivity index is 0.000000582. The van der Waals surface area contributed by atoms with Crippen LogP contribution in [0.3, 0.4) is 0 Å². The number of nitrogens with one attached hydrogen (secondary N) is 1. The number of halogens is 1. The summed E-state index contributed by atoms with van der Waals surface area (Å²) in [7, 11) is 1.85. The van der Waals surface area contributed by atoms with Gasteiger partial charge >= 0.3 is 0 Å². The number of primary amides is 2. The first kappa shape index (κ1) is 22.3. The molecule has 0 spiro atoms. The fraction of sp³-hybridized carbons (Fsp3) is 0.158. The zero-order chi connectivity index (χ0) is 21.1. The van der Waals surface area contributed by atoms with E-state index in [2.05, 4.69) is 26.9 Å². The zero-order valence-corrected chi connectivity index (χ0v) is 15.9. The summed E-state index contributed by atoms with van der Waals surface area (Å²) < 4.78 is 15.6. The van der Waals surface area contributed by atoms with Crippen LogP contribution in [0.25, 0.3) is 16.9 Å². The summed E-state index contributed by atoms with van der Waals surface area (Å²) in [4.78, 5) is 21.3. The molecule has 3 aromatic rings. The van der Waals surface area contributed by atoms with Crippen molar-refractivity contribution in [3.05, 3.63) is 59.7 Å². The normalized spacial score (nSPS) is 9.29. The lowest BCUT2D eigenvalue weighted by Crippen LogP contribution is -2.02. The molecule has 0 saturated heterocycles. The molecular weight excluding hydrogens is 363 g/mol. The Labute approximate surface area is 162 Å². The molecule has 0 atom stereocenters. The van der Waals surface area contributed by atoms with Gasteiger partial charge in [0.2, 0.25) is 12.8 Å². The van der Waals surface area contributed by atoms with E-state index in [-0.39, 0.29) is 18.6 Å². The molecule has 1 aromatic carbocycles. The van der Waals surface area contributed by atoms with Crippen molar-refractivity contribution < 1.29 is 14.0 Å². The molecule has 8 nitrogen and oxygen atoms in total. The van der Waals surface area contributed by atoms with E-state index in [0.29, 0.717) is 11.3 Å². The monoisotopic (exact) mass is 386 g/mol. The molecule has 0 bridgehead atoms. The third kappa shape index (κ3) is 5.37. The quantitative estimate of drug-likeness (QED) is 0.593. The number of aromatic nitrogens is 3. The first-order valence-corrected chi connectivity index (χ1v) is 8.21. The molecule has 0 unspecified atom stereocenters. The minimum absolute atomic E-state index is 0.250. The first-order chi connectivity index (χ1) is 13.4. The molecule has 0 fully saturated rings. The average Bonchev–Trinajstić information content (AvgIpc) is 3.02. The Bertz CT molecular complexity index is 906. The van der Waals surface area contributed by atoms with Crippen LogP contribution in [0.1, 0.15) is 11.3 Å². The molecule has 2 heterocycles. The summed E-state index contributed by atoms with van der Waals surface area (Å²) in [6.45, 7) is 3.61. The Hall–Kier alpha value is -3.75. The second-order valence-electron chi connectivity index (χ2n) is 5.38. The van der Waals surface area contributed by atoms with E-state index in [1.54, 1.807) is 13.1 Å². The highest BCUT2D eigenvalue weighted by Gasteiger charge is 2.17. The van der Waals surface area contributed by atoms with Crippen molar-refractivity contribution in [3.63, 3.8) is 0 Å². The Morgan fingerprint density at radius 3 is 2.18 bits per heavy atom. The predicted octanol–water partition coefficient (Wildman–Crippen LogP) is 1.93. The van der Waals surface area contributed by atoms with E-state index in [0.717, 1.165) is 22.8 Å². The van der Waals surface area contributed by atoms with Crippen molar-refractivity contribution in [3.8, 4) is 16.9 Å². The van der Waals surface area contributed by atoms with Crippen LogP contribution in [0.2, 0.25) is 0 Å². The Kier molecular flexibility index (Phi) is 8.81. The lowest BCUT2D eigenvalue weighted by atomic mass is 10.1. The molecule has 5 N–H and O–H groups in total. The SMILES string of the molecule is CNc1c(C)c(-c2cnc(C)c(F)c2)nn1-c1ccccc1.NC=O.NC=O. The molecule has 9 heteroatoms. The number of anilines is 1. The molecule has 0 aliphatic heterocycles. The van der Waals surface area contributed by atoms with Gasteiger partial charge in [0.05, 0.1) is 17.1 Å². The first-order valence-electron chi connectivity index (χ1n) is 8.21. The van der Waals surface area contributed by atoms with Crippen molar-refractivity contribution in [1.29, 1.82) is 0 Å². The van der Waals surface area contributed by atoms with Gasteiger partial charge in [-0.2, -0.15) is 5.10 Å². The smallest absolute Gasteiger partial charge is 0.204 e. The number of amides is 2. The standard InChI is InChI=1S/C17H17FN4.2CH3NO/c1-11-16(13-9-15(18)12(2)20-10-13)21-22(17(11)19-3)14-7-5-4-6-8-14;2*2-1-3/h4-10,19H,1-3H3;2*1H,(H2,2,3). The summed E-state index contributed by atoms with van der Waals surface area (Å²) in [5, 5.41) is 7.80. The van der Waals surface area contributed by atoms with Crippen LogP contribution in [0.4, 0.5) is 10.2 Å². The molecule has 2 amide bonds. The van der Waals surface area contributed by atoms with Crippen molar-refractivity contribution in [2.45, 2.75) is 13.8 Å². The fourth-order valence-corrected chi connectivity index (χ4v) is 2.46. The molecule has 148 valence electrons. The highest BCUT2D eigenvalue weighted by atomic mass is 19.1. The van der Waals surface area contributed by atoms with Gasteiger partial charge in [-0.15, -0.1) is 0 Å². The average molecular weight is 386 g/mol. The van der Waals surface area contributed by atoms with Crippen LogP contribution < -0.4 is 16.8 Å². The van der Waals surface area contributed by atoms with Gasteiger partial charge in [-0.25, -0.2) is 9.07 Å². The van der Waals surface area contributed by atoms with Crippen molar-refractivity contribution in [2.24, 2.45) is 11.5 Å². The van der Waals surface area contributed by atoms with E-state index in [1.165, 1.54) is 6.07 Å². The topological polar surface area (TPSA) is 129 Å². The van der Waals surface area contributed by atoms with Crippen LogP contribution in [0, 0.1) is 19.7 Å². The van der Waals surface area contributed by atoms with Crippen LogP contribution in [-0.4, -0.2) is 34.6 Å². The van der Waals surface area contributed by atoms with Gasteiger partial charge in [-0.3, -0.25) is 14.6 Å². The largest absolute Gasteiger partial charge is 0.373 e. The number of para-hydroxylation sites is 1. The minimum atomic E-state index is -0.322. The predicted molar refractivity (Wildman–Crippen MR) is 106 cm³/mol. The van der Waals surface area contributed by atoms with Crippen LogP contribution in [0.5, 0.6) is 0 Å². The summed E-state index contributed by atoms with van der Waals surface area (Å²) in [5.74, 6) is 0.555. The Morgan fingerprint density at radius 2 is 1.68 bits per heavy atom. The maximum atomic E-state index is 13.8. The number of rotatable bonds is 3. The van der Waals surface area contributed by atoms with Gasteiger partial charge in [0.1, 0.15) is 11.6 Å². The van der Waals surface area contributed by atoms with E-state index in [4.69, 9.17) is 9.59 Å². The van der Waals surface area contributed by atoms with Crippen LogP contribution in [-0.2, 0) is 9.59 Å². The number of carbonyl (C=O) groups excluding carboxylic acids is 2. The number of pyridine rings is 1. The van der Waals surface area contributed by atoms with Gasteiger partial charge in [-0.1, -0.05) is 18.2 Å². The molecule has 2 aromatic heterocycles. The molecule has 0 aliphatic rings. The van der Waals surface area contributed by atoms with Gasteiger partial charge in [0.15, 0.2) is 0 Å². The van der Waals surface area contributed by atoms with E-state index < -0.39 is 0 Å². The lowest BCUT2D eigenvalue weighted by Gasteiger charge is -2.06. The van der Waals surface area contributed by atoms with Crippen LogP contribution >= 0.6 is 0 Å². The molecule has 0 aliphatic carbocycles. The van der Waals surface area contributed by atoms with Crippen molar-refractivity contribution >= 4 is 18.6 Å². The molecule has 0 saturated carbocycles. The number of hydrogen-bond acceptors (Lipinski definition) is 5. The number of hydrogen-bond donors (Lipinski definition) is 3. The van der Waals surface area contributed by atoms with Gasteiger partial charge in [-0.05, 0) is 32.0 Å². The van der Waals surface area contributed by atoms with Gasteiger partial charge in [0, 0.05) is 24.4 Å². The van der Waals surface area contributed by atoms with E-state index in [9.17, 15) is 4.39 Å². The van der Waals surface area contributed by atoms with Crippen molar-refractivity contribution in [1.82, 2.24) is 14.8 Å². The summed E-state index contributed by atoms with van der Waals surface area (Å²) in [6, 6.07) is 11.3. The number of carbonyl (C=O) groups is 2. The molecule has 28 heavy (non-hydrogen) atoms. The van der Waals surface area contributed by atoms with E-state index in [1.807, 2.05) is 49.0 Å². The maximum Gasteiger partial charge on any atom is 0.204 e. The van der Waals surface area contributed by atoms with E-state index >= 15 is 0 Å². The maximum absolute atomic E-state index is 13.8. The summed E-state index contributed by atoms with van der Waals surface area (Å²) >= 11 is 0. The number of aryl methyl sites for hydroxylation is 1. The highest BCUT2D eigenvalue weighted by molar-refractivity contribution is 5.69. The number of benzene rings is 1. The number of nitrogens with two attached hydrogens (primary N) is 2. The van der Waals surface area contributed by atoms with Gasteiger partial charge < -0.3 is 16.8 Å². The second kappa shape index (κ2) is 11.1. The zero-order valence-electron chi connectivity index (χ0n) is 15.9. The third-order valence-corrected chi connectivity index (χ3v) is 3.66. The van der Waals surface area contributed by atoms with Gasteiger partial charge in [0.25, 0.3) is 0 Å². The lowest BCUT2D eigenvalue weighted by molar-refractivity contribution is -0.107. The van der Waals surface area contributed by atoms with Crippen molar-refractivity contribution in [2.75, 3.05) is 12.4 Å².